The van der Waals surface area contributed by atoms with Crippen molar-refractivity contribution in [2.45, 2.75) is 20.4 Å². The van der Waals surface area contributed by atoms with Crippen LogP contribution in [0.3, 0.4) is 0 Å². The van der Waals surface area contributed by atoms with E-state index in [0.29, 0.717) is 0 Å². The van der Waals surface area contributed by atoms with E-state index in [-0.39, 0.29) is 0 Å². The third-order valence-electron chi connectivity index (χ3n) is 1.70. The van der Waals surface area contributed by atoms with Gasteiger partial charge in [-0.15, -0.1) is 11.3 Å². The zero-order valence-corrected chi connectivity index (χ0v) is 9.08. The summed E-state index contributed by atoms with van der Waals surface area (Å²) in [7, 11) is 0. The summed E-state index contributed by atoms with van der Waals surface area (Å²) in [5, 5.41) is 9.84. The molecular formula is C9H17N3S. The molecule has 0 saturated heterocycles. The van der Waals surface area contributed by atoms with Crippen molar-refractivity contribution >= 4 is 11.3 Å². The highest BCUT2D eigenvalue weighted by molar-refractivity contribution is 7.09. The van der Waals surface area contributed by atoms with E-state index >= 15 is 0 Å². The molecule has 13 heavy (non-hydrogen) atoms. The van der Waals surface area contributed by atoms with Gasteiger partial charge in [0, 0.05) is 25.0 Å². The summed E-state index contributed by atoms with van der Waals surface area (Å²) in [5.41, 5.74) is 1.15. The highest BCUT2D eigenvalue weighted by Gasteiger charge is 1.96. The summed E-state index contributed by atoms with van der Waals surface area (Å²) in [6, 6.07) is 0. The van der Waals surface area contributed by atoms with E-state index < -0.39 is 0 Å². The van der Waals surface area contributed by atoms with Crippen LogP contribution in [0, 0.1) is 6.92 Å². The van der Waals surface area contributed by atoms with Gasteiger partial charge in [-0.3, -0.25) is 0 Å². The molecule has 74 valence electrons. The Bertz CT molecular complexity index is 235. The minimum absolute atomic E-state index is 0.885. The van der Waals surface area contributed by atoms with Gasteiger partial charge in [0.05, 0.1) is 10.7 Å². The summed E-state index contributed by atoms with van der Waals surface area (Å²) < 4.78 is 0. The molecule has 3 nitrogen and oxygen atoms in total. The molecule has 0 amide bonds. The van der Waals surface area contributed by atoms with Crippen LogP contribution in [0.5, 0.6) is 0 Å². The first-order valence-corrected chi connectivity index (χ1v) is 5.53. The number of nitrogens with one attached hydrogen (secondary N) is 2. The fourth-order valence-electron chi connectivity index (χ4n) is 1.06. The maximum Gasteiger partial charge on any atom is 0.0897 e. The molecule has 0 spiro atoms. The van der Waals surface area contributed by atoms with E-state index in [4.69, 9.17) is 0 Å². The largest absolute Gasteiger partial charge is 0.316 e. The van der Waals surface area contributed by atoms with Gasteiger partial charge in [-0.2, -0.15) is 0 Å². The molecule has 1 rings (SSSR count). The zero-order valence-electron chi connectivity index (χ0n) is 8.26. The second-order valence-corrected chi connectivity index (χ2v) is 3.95. The minimum atomic E-state index is 0.885. The Hall–Kier alpha value is -0.450. The van der Waals surface area contributed by atoms with Crippen LogP contribution in [0.2, 0.25) is 0 Å². The van der Waals surface area contributed by atoms with Crippen molar-refractivity contribution in [3.05, 3.63) is 16.1 Å². The molecule has 0 fully saturated rings. The van der Waals surface area contributed by atoms with E-state index in [1.165, 1.54) is 0 Å². The number of nitrogens with zero attached hydrogens (tertiary/aromatic N) is 1. The molecule has 0 aliphatic carbocycles. The fraction of sp³-hybridized carbons (Fsp3) is 0.667. The SMILES string of the molecule is CCNCCNCc1csc(C)n1. The van der Waals surface area contributed by atoms with Crippen molar-refractivity contribution in [3.63, 3.8) is 0 Å². The molecule has 1 aromatic rings. The second-order valence-electron chi connectivity index (χ2n) is 2.89. The molecule has 1 heterocycles. The molecule has 0 unspecified atom stereocenters. The molecule has 4 heteroatoms. The van der Waals surface area contributed by atoms with Crippen LogP contribution in [-0.4, -0.2) is 24.6 Å². The van der Waals surface area contributed by atoms with Crippen LogP contribution < -0.4 is 10.6 Å². The van der Waals surface area contributed by atoms with Crippen LogP contribution in [-0.2, 0) is 6.54 Å². The third-order valence-corrected chi connectivity index (χ3v) is 2.52. The van der Waals surface area contributed by atoms with E-state index in [0.717, 1.165) is 36.9 Å². The van der Waals surface area contributed by atoms with Crippen LogP contribution in [0.25, 0.3) is 0 Å². The molecule has 0 saturated carbocycles. The van der Waals surface area contributed by atoms with Gasteiger partial charge in [0.2, 0.25) is 0 Å². The number of hydrogen-bond acceptors (Lipinski definition) is 4. The van der Waals surface area contributed by atoms with Gasteiger partial charge < -0.3 is 10.6 Å². The highest BCUT2D eigenvalue weighted by Crippen LogP contribution is 2.06. The van der Waals surface area contributed by atoms with Crippen molar-refractivity contribution in [2.75, 3.05) is 19.6 Å². The Morgan fingerprint density at radius 3 is 2.77 bits per heavy atom. The summed E-state index contributed by atoms with van der Waals surface area (Å²) in [6.07, 6.45) is 0. The fourth-order valence-corrected chi connectivity index (χ4v) is 1.67. The van der Waals surface area contributed by atoms with Crippen LogP contribution in [0.1, 0.15) is 17.6 Å². The first-order chi connectivity index (χ1) is 6.33. The summed E-state index contributed by atoms with van der Waals surface area (Å²) >= 11 is 1.71. The van der Waals surface area contributed by atoms with E-state index in [9.17, 15) is 0 Å². The van der Waals surface area contributed by atoms with Gasteiger partial charge in [-0.05, 0) is 13.5 Å². The molecule has 0 aliphatic heterocycles. The monoisotopic (exact) mass is 199 g/mol. The molecule has 0 aromatic carbocycles. The van der Waals surface area contributed by atoms with Crippen molar-refractivity contribution in [3.8, 4) is 0 Å². The average molecular weight is 199 g/mol. The van der Waals surface area contributed by atoms with Crippen LogP contribution >= 0.6 is 11.3 Å². The molecule has 0 radical (unpaired) electrons. The lowest BCUT2D eigenvalue weighted by Gasteiger charge is -2.02. The standard InChI is InChI=1S/C9H17N3S/c1-3-10-4-5-11-6-9-7-13-8(2)12-9/h7,10-11H,3-6H2,1-2H3. The molecule has 1 aromatic heterocycles. The lowest BCUT2D eigenvalue weighted by atomic mass is 10.4. The molecule has 0 aliphatic rings. The van der Waals surface area contributed by atoms with Crippen LogP contribution in [0.15, 0.2) is 5.38 Å². The molecular weight excluding hydrogens is 182 g/mol. The number of likely N-dealkylation sites (N-methyl/N-ethyl adjacent to an activating group) is 1. The predicted octanol–water partition coefficient (Wildman–Crippen LogP) is 1.15. The quantitative estimate of drug-likeness (QED) is 0.675. The number of rotatable bonds is 6. The Morgan fingerprint density at radius 2 is 2.15 bits per heavy atom. The maximum atomic E-state index is 4.36. The lowest BCUT2D eigenvalue weighted by Crippen LogP contribution is -2.26. The first kappa shape index (κ1) is 10.6. The molecule has 0 bridgehead atoms. The Balaban J connectivity index is 2.06. The van der Waals surface area contributed by atoms with Gasteiger partial charge in [-0.25, -0.2) is 4.98 Å². The first-order valence-electron chi connectivity index (χ1n) is 4.65. The van der Waals surface area contributed by atoms with Crippen LogP contribution in [0.4, 0.5) is 0 Å². The average Bonchev–Trinajstić information content (AvgIpc) is 2.51. The Morgan fingerprint density at radius 1 is 1.38 bits per heavy atom. The van der Waals surface area contributed by atoms with E-state index in [2.05, 4.69) is 27.9 Å². The van der Waals surface area contributed by atoms with Gasteiger partial charge in [-0.1, -0.05) is 6.92 Å². The normalized spacial score (nSPS) is 10.6. The van der Waals surface area contributed by atoms with E-state index in [1.807, 2.05) is 6.92 Å². The van der Waals surface area contributed by atoms with Crippen molar-refractivity contribution in [2.24, 2.45) is 0 Å². The number of hydrogen-bond donors (Lipinski definition) is 2. The van der Waals surface area contributed by atoms with Gasteiger partial charge in [0.15, 0.2) is 0 Å². The van der Waals surface area contributed by atoms with Gasteiger partial charge >= 0.3 is 0 Å². The zero-order chi connectivity index (χ0) is 9.52. The number of aryl methyl sites for hydroxylation is 1. The summed E-state index contributed by atoms with van der Waals surface area (Å²) in [6.45, 7) is 8.11. The predicted molar refractivity (Wildman–Crippen MR) is 57.1 cm³/mol. The Labute approximate surface area is 83.6 Å². The van der Waals surface area contributed by atoms with Crippen molar-refractivity contribution in [1.29, 1.82) is 0 Å². The summed E-state index contributed by atoms with van der Waals surface area (Å²) in [4.78, 5) is 4.36. The second kappa shape index (κ2) is 6.07. The maximum absolute atomic E-state index is 4.36. The smallest absolute Gasteiger partial charge is 0.0897 e. The number of thiazole rings is 1. The van der Waals surface area contributed by atoms with Crippen molar-refractivity contribution < 1.29 is 0 Å². The highest BCUT2D eigenvalue weighted by atomic mass is 32.1. The minimum Gasteiger partial charge on any atom is -0.316 e. The van der Waals surface area contributed by atoms with Crippen molar-refractivity contribution in [1.82, 2.24) is 15.6 Å². The number of aromatic nitrogens is 1. The topological polar surface area (TPSA) is 37.0 Å². The Kier molecular flexibility index (Phi) is 4.97. The lowest BCUT2D eigenvalue weighted by molar-refractivity contribution is 0.620. The van der Waals surface area contributed by atoms with Gasteiger partial charge in [0.25, 0.3) is 0 Å². The molecule has 0 atom stereocenters. The summed E-state index contributed by atoms with van der Waals surface area (Å²) in [5.74, 6) is 0. The van der Waals surface area contributed by atoms with E-state index in [1.54, 1.807) is 11.3 Å². The molecule has 2 N–H and O–H groups in total. The van der Waals surface area contributed by atoms with Gasteiger partial charge in [0.1, 0.15) is 0 Å². The third kappa shape index (κ3) is 4.36.